The van der Waals surface area contributed by atoms with Gasteiger partial charge in [0.25, 0.3) is 0 Å². The average molecular weight is 217 g/mol. The van der Waals surface area contributed by atoms with E-state index in [1.807, 2.05) is 13.0 Å². The van der Waals surface area contributed by atoms with E-state index < -0.39 is 0 Å². The number of hydrogen-bond acceptors (Lipinski definition) is 3. The Morgan fingerprint density at radius 3 is 2.44 bits per heavy atom. The molecule has 0 atom stereocenters. The van der Waals surface area contributed by atoms with Gasteiger partial charge in [0.1, 0.15) is 5.71 Å². The van der Waals surface area contributed by atoms with Crippen LogP contribution in [0.5, 0.6) is 0 Å². The van der Waals surface area contributed by atoms with Gasteiger partial charge >= 0.3 is 0 Å². The summed E-state index contributed by atoms with van der Waals surface area (Å²) in [6.07, 6.45) is 2.21. The number of aryl methyl sites for hydroxylation is 2. The van der Waals surface area contributed by atoms with Gasteiger partial charge < -0.3 is 5.21 Å². The first-order valence-electron chi connectivity index (χ1n) is 5.62. The van der Waals surface area contributed by atoms with Crippen LogP contribution in [0.2, 0.25) is 0 Å². The Labute approximate surface area is 94.8 Å². The first kappa shape index (κ1) is 10.9. The first-order valence-corrected chi connectivity index (χ1v) is 5.62. The van der Waals surface area contributed by atoms with Crippen molar-refractivity contribution in [1.29, 1.82) is 0 Å². The lowest BCUT2D eigenvalue weighted by molar-refractivity contribution is 0.106. The van der Waals surface area contributed by atoms with Crippen molar-refractivity contribution in [2.75, 3.05) is 0 Å². The van der Waals surface area contributed by atoms with Gasteiger partial charge in [-0.1, -0.05) is 31.1 Å². The Morgan fingerprint density at radius 1 is 1.25 bits per heavy atom. The maximum absolute atomic E-state index is 12.0. The Bertz CT molecular complexity index is 475. The molecule has 0 amide bonds. The first-order chi connectivity index (χ1) is 7.72. The summed E-state index contributed by atoms with van der Waals surface area (Å²) in [6.45, 7) is 4.10. The average Bonchev–Trinajstić information content (AvgIpc) is 2.66. The number of benzene rings is 1. The van der Waals surface area contributed by atoms with Gasteiger partial charge in [0, 0.05) is 12.0 Å². The molecule has 0 unspecified atom stereocenters. The van der Waals surface area contributed by atoms with Crippen molar-refractivity contribution in [1.82, 2.24) is 0 Å². The predicted molar refractivity (Wildman–Crippen MR) is 62.5 cm³/mol. The third-order valence-electron chi connectivity index (χ3n) is 3.21. The molecule has 0 spiro atoms. The number of hydrogen-bond donors (Lipinski definition) is 1. The molecule has 0 saturated heterocycles. The van der Waals surface area contributed by atoms with Crippen LogP contribution in [0.25, 0.3) is 0 Å². The van der Waals surface area contributed by atoms with Crippen LogP contribution in [0.15, 0.2) is 17.3 Å². The summed E-state index contributed by atoms with van der Waals surface area (Å²) in [6, 6.07) is 4.08. The maximum atomic E-state index is 12.0. The van der Waals surface area contributed by atoms with Gasteiger partial charge in [0.15, 0.2) is 0 Å². The van der Waals surface area contributed by atoms with Crippen molar-refractivity contribution in [3.8, 4) is 0 Å². The summed E-state index contributed by atoms with van der Waals surface area (Å²) >= 11 is 0. The molecule has 0 heterocycles. The zero-order valence-corrected chi connectivity index (χ0v) is 9.58. The lowest BCUT2D eigenvalue weighted by atomic mass is 9.95. The van der Waals surface area contributed by atoms with E-state index in [1.165, 1.54) is 5.56 Å². The Hall–Kier alpha value is -1.64. The van der Waals surface area contributed by atoms with Crippen LogP contribution in [0.4, 0.5) is 0 Å². The van der Waals surface area contributed by atoms with Gasteiger partial charge in [-0.2, -0.15) is 0 Å². The minimum Gasteiger partial charge on any atom is -0.411 e. The maximum Gasteiger partial charge on any atom is 0.211 e. The van der Waals surface area contributed by atoms with Gasteiger partial charge in [-0.15, -0.1) is 0 Å². The normalized spacial score (nSPS) is 16.9. The highest BCUT2D eigenvalue weighted by Crippen LogP contribution is 2.28. The van der Waals surface area contributed by atoms with Crippen molar-refractivity contribution in [2.24, 2.45) is 5.16 Å². The van der Waals surface area contributed by atoms with Crippen LogP contribution >= 0.6 is 0 Å². The third kappa shape index (κ3) is 1.43. The van der Waals surface area contributed by atoms with E-state index in [2.05, 4.69) is 18.1 Å². The molecule has 2 rings (SSSR count). The number of oxime groups is 1. The van der Waals surface area contributed by atoms with Crippen molar-refractivity contribution in [2.45, 2.75) is 33.1 Å². The predicted octanol–water partition coefficient (Wildman–Crippen LogP) is 2.38. The molecule has 0 aliphatic heterocycles. The number of ketones is 1. The van der Waals surface area contributed by atoms with E-state index in [9.17, 15) is 4.79 Å². The standard InChI is InChI=1S/C13H15NO2/c1-3-8-5-6-9(4-2)12-10(8)7-11(14-16)13(12)15/h5-6,16H,3-4,7H2,1-2H3/b14-11-. The Balaban J connectivity index is 2.65. The number of rotatable bonds is 2. The number of nitrogens with zero attached hydrogens (tertiary/aromatic N) is 1. The van der Waals surface area contributed by atoms with Crippen LogP contribution in [-0.4, -0.2) is 16.7 Å². The molecule has 0 bridgehead atoms. The van der Waals surface area contributed by atoms with Gasteiger partial charge in [0.05, 0.1) is 0 Å². The lowest BCUT2D eigenvalue weighted by Gasteiger charge is -2.08. The Morgan fingerprint density at radius 2 is 1.88 bits per heavy atom. The monoisotopic (exact) mass is 217 g/mol. The second-order valence-electron chi connectivity index (χ2n) is 4.00. The molecular weight excluding hydrogens is 202 g/mol. The second-order valence-corrected chi connectivity index (χ2v) is 4.00. The minimum atomic E-state index is -0.107. The third-order valence-corrected chi connectivity index (χ3v) is 3.21. The molecule has 0 saturated carbocycles. The zero-order valence-electron chi connectivity index (χ0n) is 9.58. The summed E-state index contributed by atoms with van der Waals surface area (Å²) in [5.74, 6) is -0.107. The van der Waals surface area contributed by atoms with Crippen LogP contribution < -0.4 is 0 Å². The van der Waals surface area contributed by atoms with Crippen LogP contribution in [0.3, 0.4) is 0 Å². The molecule has 1 N–H and O–H groups in total. The molecule has 84 valence electrons. The molecule has 1 aromatic rings. The van der Waals surface area contributed by atoms with Crippen molar-refractivity contribution >= 4 is 11.5 Å². The second kappa shape index (κ2) is 4.08. The molecule has 0 fully saturated rings. The van der Waals surface area contributed by atoms with Crippen molar-refractivity contribution in [3.05, 3.63) is 34.4 Å². The van der Waals surface area contributed by atoms with Gasteiger partial charge in [-0.25, -0.2) is 0 Å². The fourth-order valence-corrected chi connectivity index (χ4v) is 2.32. The molecule has 0 radical (unpaired) electrons. The largest absolute Gasteiger partial charge is 0.411 e. The van der Waals surface area contributed by atoms with Crippen molar-refractivity contribution in [3.63, 3.8) is 0 Å². The molecular formula is C13H15NO2. The number of Topliss-reactive ketones (excluding diaryl/α,β-unsaturated/α-hetero) is 1. The fourth-order valence-electron chi connectivity index (χ4n) is 2.32. The smallest absolute Gasteiger partial charge is 0.211 e. The summed E-state index contributed by atoms with van der Waals surface area (Å²) in [7, 11) is 0. The lowest BCUT2D eigenvalue weighted by Crippen LogP contribution is -2.08. The molecule has 1 aliphatic carbocycles. The van der Waals surface area contributed by atoms with Gasteiger partial charge in [0.2, 0.25) is 5.78 Å². The highest BCUT2D eigenvalue weighted by molar-refractivity contribution is 6.49. The highest BCUT2D eigenvalue weighted by atomic mass is 16.4. The number of carbonyl (C=O) groups is 1. The summed E-state index contributed by atoms with van der Waals surface area (Å²) in [4.78, 5) is 12.0. The SMILES string of the molecule is CCc1ccc(CC)c2c1C/C(=N/O)C2=O. The zero-order chi connectivity index (χ0) is 11.7. The molecule has 1 aliphatic rings. The quantitative estimate of drug-likeness (QED) is 0.610. The van der Waals surface area contributed by atoms with E-state index >= 15 is 0 Å². The van der Waals surface area contributed by atoms with E-state index in [0.29, 0.717) is 6.42 Å². The van der Waals surface area contributed by atoms with E-state index in [0.717, 1.165) is 29.5 Å². The van der Waals surface area contributed by atoms with E-state index in [4.69, 9.17) is 5.21 Å². The van der Waals surface area contributed by atoms with E-state index in [1.54, 1.807) is 0 Å². The van der Waals surface area contributed by atoms with Gasteiger partial charge in [-0.3, -0.25) is 4.79 Å². The minimum absolute atomic E-state index is 0.107. The number of carbonyl (C=O) groups excluding carboxylic acids is 1. The molecule has 0 aromatic heterocycles. The van der Waals surface area contributed by atoms with Crippen LogP contribution in [0, 0.1) is 0 Å². The molecule has 16 heavy (non-hydrogen) atoms. The van der Waals surface area contributed by atoms with Crippen LogP contribution in [0.1, 0.15) is 40.9 Å². The van der Waals surface area contributed by atoms with Crippen molar-refractivity contribution < 1.29 is 10.0 Å². The van der Waals surface area contributed by atoms with Gasteiger partial charge in [-0.05, 0) is 29.5 Å². The topological polar surface area (TPSA) is 49.7 Å². The number of fused-ring (bicyclic) bond motifs is 1. The molecule has 3 heteroatoms. The van der Waals surface area contributed by atoms with Crippen LogP contribution in [-0.2, 0) is 19.3 Å². The fraction of sp³-hybridized carbons (Fsp3) is 0.385. The summed E-state index contributed by atoms with van der Waals surface area (Å²) in [5, 5.41) is 11.9. The summed E-state index contributed by atoms with van der Waals surface area (Å²) in [5.41, 5.74) is 4.33. The Kier molecular flexibility index (Phi) is 2.77. The highest BCUT2D eigenvalue weighted by Gasteiger charge is 2.30. The molecule has 1 aromatic carbocycles. The molecule has 3 nitrogen and oxygen atoms in total. The van der Waals surface area contributed by atoms with E-state index in [-0.39, 0.29) is 11.5 Å². The summed E-state index contributed by atoms with van der Waals surface area (Å²) < 4.78 is 0.